The van der Waals surface area contributed by atoms with Crippen molar-refractivity contribution in [3.63, 3.8) is 0 Å². The van der Waals surface area contributed by atoms with E-state index in [-0.39, 0.29) is 24.4 Å². The van der Waals surface area contributed by atoms with Crippen LogP contribution in [0.1, 0.15) is 21.7 Å². The number of amides is 2. The van der Waals surface area contributed by atoms with E-state index in [1.165, 1.54) is 28.4 Å². The van der Waals surface area contributed by atoms with Crippen LogP contribution >= 0.6 is 35.3 Å². The van der Waals surface area contributed by atoms with Crippen molar-refractivity contribution in [3.8, 4) is 11.1 Å². The molecule has 212 valence electrons. The molecule has 2 aromatic carbocycles. The Morgan fingerprint density at radius 1 is 1.07 bits per heavy atom. The summed E-state index contributed by atoms with van der Waals surface area (Å²) in [5.41, 5.74) is 2.27. The lowest BCUT2D eigenvalue weighted by Gasteiger charge is -2.29. The average molecular weight is 616 g/mol. The largest absolute Gasteiger partial charge is 0.478 e. The maximum Gasteiger partial charge on any atom is 0.335 e. The minimum Gasteiger partial charge on any atom is -0.478 e. The molecule has 0 aliphatic carbocycles. The van der Waals surface area contributed by atoms with Gasteiger partial charge in [-0.2, -0.15) is 0 Å². The number of anilines is 2. The number of carboxylic acids is 1. The van der Waals surface area contributed by atoms with Crippen LogP contribution in [0.15, 0.2) is 52.7 Å². The predicted octanol–water partition coefficient (Wildman–Crippen LogP) is 5.46. The fraction of sp³-hybridized carbons (Fsp3) is 0.214. The highest BCUT2D eigenvalue weighted by Gasteiger charge is 2.32. The monoisotopic (exact) mass is 615 g/mol. The molecule has 2 saturated heterocycles. The third-order valence-corrected chi connectivity index (χ3v) is 8.66. The summed E-state index contributed by atoms with van der Waals surface area (Å²) < 4.78 is 32.6. The molecule has 0 unspecified atom stereocenters. The Labute approximate surface area is 247 Å². The van der Waals surface area contributed by atoms with Crippen molar-refractivity contribution in [2.75, 3.05) is 43.1 Å². The zero-order valence-electron chi connectivity index (χ0n) is 21.4. The van der Waals surface area contributed by atoms with Gasteiger partial charge in [-0.1, -0.05) is 30.0 Å². The van der Waals surface area contributed by atoms with Crippen LogP contribution in [0.4, 0.5) is 20.2 Å². The van der Waals surface area contributed by atoms with Crippen LogP contribution in [0.2, 0.25) is 0 Å². The summed E-state index contributed by atoms with van der Waals surface area (Å²) in [6.07, 6.45) is 1.63. The average Bonchev–Trinajstić information content (AvgIpc) is 3.53. The minimum atomic E-state index is -1.11. The van der Waals surface area contributed by atoms with Crippen molar-refractivity contribution in [1.29, 1.82) is 0 Å². The third kappa shape index (κ3) is 6.81. The van der Waals surface area contributed by atoms with Crippen molar-refractivity contribution < 1.29 is 33.0 Å². The van der Waals surface area contributed by atoms with E-state index in [1.807, 2.05) is 4.90 Å². The Morgan fingerprint density at radius 3 is 2.59 bits per heavy atom. The molecule has 2 aliphatic rings. The van der Waals surface area contributed by atoms with Crippen LogP contribution in [-0.4, -0.2) is 65.0 Å². The van der Waals surface area contributed by atoms with Crippen LogP contribution in [0, 0.1) is 11.6 Å². The summed E-state index contributed by atoms with van der Waals surface area (Å²) in [4.78, 5) is 41.9. The first-order valence-electron chi connectivity index (χ1n) is 12.5. The molecule has 8 nitrogen and oxygen atoms in total. The van der Waals surface area contributed by atoms with Crippen molar-refractivity contribution in [2.45, 2.75) is 6.42 Å². The van der Waals surface area contributed by atoms with Gasteiger partial charge in [0.25, 0.3) is 5.91 Å². The Morgan fingerprint density at radius 2 is 1.85 bits per heavy atom. The second-order valence-electron chi connectivity index (χ2n) is 9.17. The third-order valence-electron chi connectivity index (χ3n) is 6.41. The van der Waals surface area contributed by atoms with Gasteiger partial charge in [-0.3, -0.25) is 14.5 Å². The first kappa shape index (κ1) is 28.9. The number of carboxylic acid groups (broad SMARTS) is 1. The molecule has 0 atom stereocenters. The maximum atomic E-state index is 13.6. The number of ether oxygens (including phenoxy) is 1. The van der Waals surface area contributed by atoms with E-state index >= 15 is 0 Å². The van der Waals surface area contributed by atoms with E-state index in [1.54, 1.807) is 29.7 Å². The van der Waals surface area contributed by atoms with Gasteiger partial charge in [0.1, 0.15) is 4.32 Å². The zero-order valence-corrected chi connectivity index (χ0v) is 23.8. The normalized spacial score (nSPS) is 16.5. The smallest absolute Gasteiger partial charge is 0.335 e. The Hall–Kier alpha value is -3.65. The van der Waals surface area contributed by atoms with Gasteiger partial charge >= 0.3 is 5.97 Å². The van der Waals surface area contributed by atoms with Gasteiger partial charge in [-0.15, -0.1) is 11.3 Å². The number of carbonyl (C=O) groups is 3. The molecule has 3 heterocycles. The summed E-state index contributed by atoms with van der Waals surface area (Å²) in [6.45, 7) is 2.32. The highest BCUT2D eigenvalue weighted by atomic mass is 32.2. The number of rotatable bonds is 8. The van der Waals surface area contributed by atoms with Crippen molar-refractivity contribution in [1.82, 2.24) is 4.90 Å². The molecule has 13 heteroatoms. The molecule has 0 spiro atoms. The summed E-state index contributed by atoms with van der Waals surface area (Å²) in [7, 11) is 0. The molecule has 0 radical (unpaired) electrons. The van der Waals surface area contributed by atoms with Crippen molar-refractivity contribution in [2.24, 2.45) is 0 Å². The van der Waals surface area contributed by atoms with E-state index in [4.69, 9.17) is 17.0 Å². The fourth-order valence-corrected chi connectivity index (χ4v) is 6.55. The maximum absolute atomic E-state index is 13.6. The van der Waals surface area contributed by atoms with Crippen molar-refractivity contribution in [3.05, 3.63) is 74.8 Å². The van der Waals surface area contributed by atoms with Gasteiger partial charge in [0.15, 0.2) is 11.6 Å². The number of benzene rings is 2. The molecule has 2 fully saturated rings. The van der Waals surface area contributed by atoms with Gasteiger partial charge in [-0.25, -0.2) is 13.6 Å². The molecule has 2 N–H and O–H groups in total. The summed E-state index contributed by atoms with van der Waals surface area (Å²) in [5.74, 6) is -3.70. The van der Waals surface area contributed by atoms with E-state index in [9.17, 15) is 28.3 Å². The van der Waals surface area contributed by atoms with E-state index < -0.39 is 23.5 Å². The lowest BCUT2D eigenvalue weighted by Crippen LogP contribution is -2.36. The molecule has 2 aliphatic heterocycles. The number of morpholine rings is 1. The van der Waals surface area contributed by atoms with Crippen LogP contribution in [0.3, 0.4) is 0 Å². The lowest BCUT2D eigenvalue weighted by atomic mass is 10.1. The number of nitrogens with zero attached hydrogens (tertiary/aromatic N) is 2. The number of hydrogen-bond acceptors (Lipinski definition) is 8. The first-order valence-corrected chi connectivity index (χ1v) is 14.6. The highest BCUT2D eigenvalue weighted by molar-refractivity contribution is 8.26. The Kier molecular flexibility index (Phi) is 8.78. The number of carbonyl (C=O) groups excluding carboxylic acids is 2. The van der Waals surface area contributed by atoms with Gasteiger partial charge in [0.2, 0.25) is 5.91 Å². The van der Waals surface area contributed by atoms with E-state index in [2.05, 4.69) is 5.32 Å². The fourth-order valence-electron chi connectivity index (χ4n) is 4.33. The Bertz CT molecular complexity index is 1570. The van der Waals surface area contributed by atoms with Crippen LogP contribution < -0.4 is 10.2 Å². The van der Waals surface area contributed by atoms with Crippen LogP contribution in [0.5, 0.6) is 0 Å². The highest BCUT2D eigenvalue weighted by Crippen LogP contribution is 2.35. The van der Waals surface area contributed by atoms with Gasteiger partial charge in [0.05, 0.1) is 23.7 Å². The number of thiophene rings is 1. The number of aromatic carboxylic acids is 1. The van der Waals surface area contributed by atoms with E-state index in [0.29, 0.717) is 58.0 Å². The van der Waals surface area contributed by atoms with Crippen LogP contribution in [-0.2, 0) is 14.3 Å². The molecule has 3 aromatic rings. The Balaban J connectivity index is 1.22. The molecule has 5 rings (SSSR count). The molecular formula is C28H23F2N3O5S3. The standard InChI is InChI=1S/C28H23F2N3O5S3/c29-22-2-1-16(12-23(22)30)18-11-21(40-15-18)14-24-26(35)33(28(39)41-24)4-3-25(34)31-19-9-17(27(36)37)10-20(13-19)32-5-7-38-8-6-32/h1-2,9-15H,3-8H2,(H,31,34)(H,36,37)/b24-14-. The molecule has 41 heavy (non-hydrogen) atoms. The predicted molar refractivity (Wildman–Crippen MR) is 159 cm³/mol. The number of thiocarbonyl (C=S) groups is 1. The number of halogens is 2. The molecule has 0 saturated carbocycles. The zero-order chi connectivity index (χ0) is 29.1. The summed E-state index contributed by atoms with van der Waals surface area (Å²) in [6, 6.07) is 10.1. The quantitative estimate of drug-likeness (QED) is 0.255. The first-order chi connectivity index (χ1) is 19.7. The topological polar surface area (TPSA) is 99.2 Å². The molecular weight excluding hydrogens is 593 g/mol. The van der Waals surface area contributed by atoms with Crippen LogP contribution in [0.25, 0.3) is 17.2 Å². The second-order valence-corrected chi connectivity index (χ2v) is 11.8. The van der Waals surface area contributed by atoms with Gasteiger partial charge in [0, 0.05) is 42.3 Å². The van der Waals surface area contributed by atoms with Gasteiger partial charge in [-0.05, 0) is 59.0 Å². The van der Waals surface area contributed by atoms with Gasteiger partial charge < -0.3 is 20.1 Å². The molecule has 2 amide bonds. The number of nitrogens with one attached hydrogen (secondary N) is 1. The SMILES string of the molecule is O=C(CCN1C(=O)/C(=C/c2cc(-c3ccc(F)c(F)c3)cs2)SC1=S)Nc1cc(C(=O)O)cc(N2CCOCC2)c1. The number of thioether (sulfide) groups is 1. The second kappa shape index (κ2) is 12.5. The lowest BCUT2D eigenvalue weighted by molar-refractivity contribution is -0.122. The van der Waals surface area contributed by atoms with E-state index in [0.717, 1.165) is 28.8 Å². The molecule has 0 bridgehead atoms. The molecule has 1 aromatic heterocycles. The summed E-state index contributed by atoms with van der Waals surface area (Å²) in [5, 5.41) is 14.1. The number of hydrogen-bond donors (Lipinski definition) is 2. The minimum absolute atomic E-state index is 0.0488. The van der Waals surface area contributed by atoms with Crippen molar-refractivity contribution >= 4 is 74.9 Å². The summed E-state index contributed by atoms with van der Waals surface area (Å²) >= 11 is 7.84.